The number of hydrogen-bond acceptors (Lipinski definition) is 3. The predicted octanol–water partition coefficient (Wildman–Crippen LogP) is 4.10. The third-order valence-electron chi connectivity index (χ3n) is 3.44. The summed E-state index contributed by atoms with van der Waals surface area (Å²) in [7, 11) is 0. The molecule has 0 unspecified atom stereocenters. The minimum atomic E-state index is -0.342. The van der Waals surface area contributed by atoms with Gasteiger partial charge in [0.1, 0.15) is 11.9 Å². The zero-order valence-electron chi connectivity index (χ0n) is 14.0. The SMILES string of the molecule is C=C.CC(C)CCC(=O)CC[C@@H]1OC(=O)N[C@H]1CC(C)C. The van der Waals surface area contributed by atoms with E-state index in [-0.39, 0.29) is 24.0 Å². The molecular formula is C17H31NO3. The summed E-state index contributed by atoms with van der Waals surface area (Å²) >= 11 is 0. The number of alkyl carbamates (subject to hydrolysis) is 1. The van der Waals surface area contributed by atoms with Gasteiger partial charge in [0, 0.05) is 12.8 Å². The Balaban J connectivity index is 0.00000191. The molecule has 1 amide bonds. The molecule has 0 aliphatic carbocycles. The van der Waals surface area contributed by atoms with Gasteiger partial charge in [-0.1, -0.05) is 27.7 Å². The maximum atomic E-state index is 11.8. The molecule has 0 aromatic heterocycles. The van der Waals surface area contributed by atoms with Crippen molar-refractivity contribution in [1.82, 2.24) is 5.32 Å². The van der Waals surface area contributed by atoms with Crippen molar-refractivity contribution in [3.05, 3.63) is 13.2 Å². The van der Waals surface area contributed by atoms with Gasteiger partial charge in [0.25, 0.3) is 0 Å². The highest BCUT2D eigenvalue weighted by molar-refractivity contribution is 5.78. The third-order valence-corrected chi connectivity index (χ3v) is 3.44. The molecule has 21 heavy (non-hydrogen) atoms. The molecule has 1 aliphatic rings. The number of nitrogens with one attached hydrogen (secondary N) is 1. The standard InChI is InChI=1S/C15H27NO3.C2H4/c1-10(2)5-6-12(17)7-8-14-13(9-11(3)4)16-15(18)19-14;1-2/h10-11,13-14H,5-9H2,1-4H3,(H,16,18);1-2H2/t13-,14-;/m0./s1. The van der Waals surface area contributed by atoms with Crippen molar-refractivity contribution in [1.29, 1.82) is 0 Å². The Morgan fingerprint density at radius 2 is 1.81 bits per heavy atom. The summed E-state index contributed by atoms with van der Waals surface area (Å²) in [6, 6.07) is 0.0606. The quantitative estimate of drug-likeness (QED) is 0.686. The van der Waals surface area contributed by atoms with E-state index in [9.17, 15) is 9.59 Å². The van der Waals surface area contributed by atoms with Gasteiger partial charge in [-0.25, -0.2) is 4.79 Å². The van der Waals surface area contributed by atoms with Crippen LogP contribution in [0.4, 0.5) is 4.79 Å². The van der Waals surface area contributed by atoms with Gasteiger partial charge in [0.15, 0.2) is 0 Å². The minimum Gasteiger partial charge on any atom is -0.444 e. The zero-order valence-corrected chi connectivity index (χ0v) is 14.0. The molecule has 1 fully saturated rings. The van der Waals surface area contributed by atoms with Gasteiger partial charge in [0.2, 0.25) is 0 Å². The van der Waals surface area contributed by atoms with Crippen molar-refractivity contribution in [2.45, 2.75) is 71.9 Å². The molecule has 0 radical (unpaired) electrons. The second kappa shape index (κ2) is 10.4. The normalized spacial score (nSPS) is 20.8. The van der Waals surface area contributed by atoms with Crippen LogP contribution in [0.25, 0.3) is 0 Å². The van der Waals surface area contributed by atoms with Gasteiger partial charge < -0.3 is 10.1 Å². The second-order valence-corrected chi connectivity index (χ2v) is 6.33. The number of ether oxygens (including phenoxy) is 1. The fourth-order valence-corrected chi connectivity index (χ4v) is 2.35. The van der Waals surface area contributed by atoms with E-state index in [0.717, 1.165) is 12.8 Å². The molecule has 1 N–H and O–H groups in total. The van der Waals surface area contributed by atoms with Crippen LogP contribution in [0.5, 0.6) is 0 Å². The lowest BCUT2D eigenvalue weighted by molar-refractivity contribution is -0.119. The first kappa shape index (κ1) is 19.7. The Hall–Kier alpha value is -1.32. The van der Waals surface area contributed by atoms with E-state index >= 15 is 0 Å². The maximum Gasteiger partial charge on any atom is 0.407 e. The number of ketones is 1. The molecule has 1 aliphatic heterocycles. The first-order chi connectivity index (χ1) is 9.88. The average molecular weight is 297 g/mol. The number of rotatable bonds is 8. The molecule has 0 aromatic rings. The minimum absolute atomic E-state index is 0.0606. The predicted molar refractivity (Wildman–Crippen MR) is 86.2 cm³/mol. The summed E-state index contributed by atoms with van der Waals surface area (Å²) in [5.74, 6) is 1.34. The van der Waals surface area contributed by atoms with Crippen molar-refractivity contribution in [3.8, 4) is 0 Å². The van der Waals surface area contributed by atoms with E-state index in [1.165, 1.54) is 0 Å². The van der Waals surface area contributed by atoms with E-state index in [4.69, 9.17) is 4.74 Å². The number of Topliss-reactive ketones (excluding diaryl/α,β-unsaturated/α-hetero) is 1. The van der Waals surface area contributed by atoms with E-state index in [1.807, 2.05) is 0 Å². The van der Waals surface area contributed by atoms with Gasteiger partial charge in [-0.2, -0.15) is 0 Å². The highest BCUT2D eigenvalue weighted by Gasteiger charge is 2.34. The van der Waals surface area contributed by atoms with Crippen LogP contribution in [0.1, 0.15) is 59.8 Å². The summed E-state index contributed by atoms with van der Waals surface area (Å²) in [5, 5.41) is 2.84. The van der Waals surface area contributed by atoms with Gasteiger partial charge >= 0.3 is 6.09 Å². The summed E-state index contributed by atoms with van der Waals surface area (Å²) in [6.45, 7) is 14.5. The van der Waals surface area contributed by atoms with Crippen LogP contribution in [0.2, 0.25) is 0 Å². The van der Waals surface area contributed by atoms with Crippen molar-refractivity contribution < 1.29 is 14.3 Å². The number of cyclic esters (lactones) is 1. The van der Waals surface area contributed by atoms with Gasteiger partial charge in [-0.05, 0) is 31.1 Å². The lowest BCUT2D eigenvalue weighted by atomic mass is 9.95. The van der Waals surface area contributed by atoms with Gasteiger partial charge in [0.05, 0.1) is 6.04 Å². The molecule has 0 spiro atoms. The third kappa shape index (κ3) is 8.53. The lowest BCUT2D eigenvalue weighted by Gasteiger charge is -2.18. The van der Waals surface area contributed by atoms with Gasteiger partial charge in [-0.15, -0.1) is 13.2 Å². The molecule has 1 rings (SSSR count). The molecule has 4 nitrogen and oxygen atoms in total. The number of hydrogen-bond donors (Lipinski definition) is 1. The van der Waals surface area contributed by atoms with Crippen LogP contribution in [-0.2, 0) is 9.53 Å². The Morgan fingerprint density at radius 1 is 1.19 bits per heavy atom. The van der Waals surface area contributed by atoms with Crippen LogP contribution in [0.15, 0.2) is 13.2 Å². The van der Waals surface area contributed by atoms with E-state index in [2.05, 4.69) is 46.2 Å². The first-order valence-electron chi connectivity index (χ1n) is 7.87. The molecule has 0 aromatic carbocycles. The fraction of sp³-hybridized carbons (Fsp3) is 0.765. The van der Waals surface area contributed by atoms with Crippen molar-refractivity contribution in [2.75, 3.05) is 0 Å². The second-order valence-electron chi connectivity index (χ2n) is 6.33. The monoisotopic (exact) mass is 297 g/mol. The fourth-order valence-electron chi connectivity index (χ4n) is 2.35. The molecule has 1 heterocycles. The number of amides is 1. The van der Waals surface area contributed by atoms with Crippen LogP contribution in [0, 0.1) is 11.8 Å². The average Bonchev–Trinajstić information content (AvgIpc) is 2.75. The first-order valence-corrected chi connectivity index (χ1v) is 7.87. The van der Waals surface area contributed by atoms with E-state index < -0.39 is 0 Å². The largest absolute Gasteiger partial charge is 0.444 e. The van der Waals surface area contributed by atoms with Crippen molar-refractivity contribution in [2.24, 2.45) is 11.8 Å². The number of carbonyl (C=O) groups excluding carboxylic acids is 2. The zero-order chi connectivity index (χ0) is 16.4. The molecule has 0 bridgehead atoms. The molecule has 1 saturated heterocycles. The molecule has 2 atom stereocenters. The van der Waals surface area contributed by atoms with Crippen molar-refractivity contribution >= 4 is 11.9 Å². The van der Waals surface area contributed by atoms with E-state index in [0.29, 0.717) is 31.1 Å². The van der Waals surface area contributed by atoms with Crippen LogP contribution in [-0.4, -0.2) is 24.0 Å². The van der Waals surface area contributed by atoms with Crippen LogP contribution in [0.3, 0.4) is 0 Å². The lowest BCUT2D eigenvalue weighted by Crippen LogP contribution is -2.33. The van der Waals surface area contributed by atoms with Gasteiger partial charge in [-0.3, -0.25) is 4.79 Å². The highest BCUT2D eigenvalue weighted by atomic mass is 16.6. The number of carbonyl (C=O) groups is 2. The van der Waals surface area contributed by atoms with E-state index in [1.54, 1.807) is 0 Å². The Kier molecular flexibility index (Phi) is 9.76. The molecule has 122 valence electrons. The molecule has 4 heteroatoms. The highest BCUT2D eigenvalue weighted by Crippen LogP contribution is 2.21. The molecular weight excluding hydrogens is 266 g/mol. The Morgan fingerprint density at radius 3 is 2.33 bits per heavy atom. The summed E-state index contributed by atoms with van der Waals surface area (Å²) in [6.07, 6.45) is 3.16. The maximum absolute atomic E-state index is 11.8. The summed E-state index contributed by atoms with van der Waals surface area (Å²) < 4.78 is 5.25. The topological polar surface area (TPSA) is 55.4 Å². The van der Waals surface area contributed by atoms with Crippen LogP contribution < -0.4 is 5.32 Å². The van der Waals surface area contributed by atoms with Crippen molar-refractivity contribution in [3.63, 3.8) is 0 Å². The molecule has 0 saturated carbocycles. The summed E-state index contributed by atoms with van der Waals surface area (Å²) in [5.41, 5.74) is 0. The van der Waals surface area contributed by atoms with Crippen LogP contribution >= 0.6 is 0 Å². The Bertz CT molecular complexity index is 326. The Labute approximate surface area is 129 Å². The summed E-state index contributed by atoms with van der Waals surface area (Å²) in [4.78, 5) is 23.0. The smallest absolute Gasteiger partial charge is 0.407 e.